The standard InChI is InChI=1S/C23H22N4O2S/c1-26-15-18(14-25-26)21-16-27(30(28,29)19-10-6-3-7-11-19)23-22(21)20(12-13-24-23)17-8-4-2-5-9-17/h3-4,6-8,10-17H,2,5,9H2,1H3. The van der Waals surface area contributed by atoms with Crippen molar-refractivity contribution in [1.82, 2.24) is 18.7 Å². The van der Waals surface area contributed by atoms with E-state index in [2.05, 4.69) is 22.2 Å². The summed E-state index contributed by atoms with van der Waals surface area (Å²) < 4.78 is 30.0. The van der Waals surface area contributed by atoms with E-state index >= 15 is 0 Å². The highest BCUT2D eigenvalue weighted by atomic mass is 32.2. The third kappa shape index (κ3) is 3.06. The lowest BCUT2D eigenvalue weighted by atomic mass is 9.87. The van der Waals surface area contributed by atoms with Gasteiger partial charge in [-0.25, -0.2) is 17.4 Å². The first kappa shape index (κ1) is 18.8. The Morgan fingerprint density at radius 3 is 2.63 bits per heavy atom. The van der Waals surface area contributed by atoms with Crippen molar-refractivity contribution >= 4 is 21.1 Å². The van der Waals surface area contributed by atoms with Crippen LogP contribution in [0.3, 0.4) is 0 Å². The quantitative estimate of drug-likeness (QED) is 0.458. The molecule has 30 heavy (non-hydrogen) atoms. The van der Waals surface area contributed by atoms with Gasteiger partial charge in [0.25, 0.3) is 10.0 Å². The molecule has 0 amide bonds. The zero-order chi connectivity index (χ0) is 20.7. The van der Waals surface area contributed by atoms with Crippen molar-refractivity contribution in [3.63, 3.8) is 0 Å². The van der Waals surface area contributed by atoms with Gasteiger partial charge in [0.05, 0.1) is 11.1 Å². The molecule has 0 spiro atoms. The Bertz CT molecular complexity index is 1350. The number of hydrogen-bond acceptors (Lipinski definition) is 4. The molecule has 0 N–H and O–H groups in total. The van der Waals surface area contributed by atoms with Crippen molar-refractivity contribution in [2.24, 2.45) is 7.05 Å². The van der Waals surface area contributed by atoms with Crippen LogP contribution in [0, 0.1) is 0 Å². The van der Waals surface area contributed by atoms with E-state index in [1.807, 2.05) is 19.3 Å². The van der Waals surface area contributed by atoms with Crippen LogP contribution in [0.5, 0.6) is 0 Å². The summed E-state index contributed by atoms with van der Waals surface area (Å²) in [5.41, 5.74) is 3.27. The highest BCUT2D eigenvalue weighted by Gasteiger charge is 2.26. The van der Waals surface area contributed by atoms with E-state index in [0.717, 1.165) is 41.3 Å². The molecule has 3 aromatic heterocycles. The Kier molecular flexibility index (Phi) is 4.55. The van der Waals surface area contributed by atoms with E-state index in [9.17, 15) is 8.42 Å². The second-order valence-corrected chi connectivity index (χ2v) is 9.44. The van der Waals surface area contributed by atoms with Crippen molar-refractivity contribution in [3.05, 3.63) is 78.9 Å². The Balaban J connectivity index is 1.82. The lowest BCUT2D eigenvalue weighted by molar-refractivity contribution is 0.589. The highest BCUT2D eigenvalue weighted by Crippen LogP contribution is 2.39. The third-order valence-electron chi connectivity index (χ3n) is 5.66. The van der Waals surface area contributed by atoms with E-state index in [-0.39, 0.29) is 10.8 Å². The molecule has 0 saturated heterocycles. The molecule has 0 radical (unpaired) electrons. The molecule has 1 aliphatic carbocycles. The topological polar surface area (TPSA) is 69.8 Å². The maximum atomic E-state index is 13.5. The van der Waals surface area contributed by atoms with Gasteiger partial charge >= 0.3 is 0 Å². The summed E-state index contributed by atoms with van der Waals surface area (Å²) in [6.07, 6.45) is 14.8. The summed E-state index contributed by atoms with van der Waals surface area (Å²) in [6, 6.07) is 10.5. The fraction of sp³-hybridized carbons (Fsp3) is 0.217. The zero-order valence-corrected chi connectivity index (χ0v) is 17.5. The molecule has 0 aliphatic heterocycles. The van der Waals surface area contributed by atoms with Gasteiger partial charge in [-0.05, 0) is 43.0 Å². The molecular weight excluding hydrogens is 396 g/mol. The number of rotatable bonds is 4. The van der Waals surface area contributed by atoms with Crippen LogP contribution in [0.2, 0.25) is 0 Å². The molecule has 1 unspecified atom stereocenters. The summed E-state index contributed by atoms with van der Waals surface area (Å²) in [5, 5.41) is 5.17. The summed E-state index contributed by atoms with van der Waals surface area (Å²) >= 11 is 0. The lowest BCUT2D eigenvalue weighted by Crippen LogP contribution is -2.12. The Morgan fingerprint density at radius 1 is 1.10 bits per heavy atom. The number of aromatic nitrogens is 4. The Labute approximate surface area is 175 Å². The van der Waals surface area contributed by atoms with Crippen molar-refractivity contribution in [3.8, 4) is 11.1 Å². The zero-order valence-electron chi connectivity index (χ0n) is 16.6. The van der Waals surface area contributed by atoms with Crippen LogP contribution in [0.25, 0.3) is 22.2 Å². The van der Waals surface area contributed by atoms with Crippen molar-refractivity contribution in [1.29, 1.82) is 0 Å². The van der Waals surface area contributed by atoms with Gasteiger partial charge in [-0.1, -0.05) is 30.4 Å². The molecule has 1 aromatic carbocycles. The molecular formula is C23H22N4O2S. The molecule has 0 bridgehead atoms. The van der Waals surface area contributed by atoms with E-state index < -0.39 is 10.0 Å². The predicted molar refractivity (Wildman–Crippen MR) is 117 cm³/mol. The molecule has 6 nitrogen and oxygen atoms in total. The third-order valence-corrected chi connectivity index (χ3v) is 7.32. The van der Waals surface area contributed by atoms with E-state index in [0.29, 0.717) is 5.65 Å². The minimum absolute atomic E-state index is 0.240. The average Bonchev–Trinajstić information content (AvgIpc) is 3.39. The number of pyridine rings is 1. The molecule has 3 heterocycles. The molecule has 4 aromatic rings. The van der Waals surface area contributed by atoms with Crippen LogP contribution in [0.4, 0.5) is 0 Å². The van der Waals surface area contributed by atoms with Crippen LogP contribution < -0.4 is 0 Å². The molecule has 152 valence electrons. The van der Waals surface area contributed by atoms with E-state index in [1.54, 1.807) is 53.6 Å². The van der Waals surface area contributed by atoms with Crippen molar-refractivity contribution in [2.45, 2.75) is 30.1 Å². The number of benzene rings is 1. The first-order chi connectivity index (χ1) is 14.6. The van der Waals surface area contributed by atoms with Gasteiger partial charge in [-0.15, -0.1) is 0 Å². The summed E-state index contributed by atoms with van der Waals surface area (Å²) in [6.45, 7) is 0. The van der Waals surface area contributed by atoms with Gasteiger partial charge in [0, 0.05) is 48.1 Å². The maximum absolute atomic E-state index is 13.5. The number of fused-ring (bicyclic) bond motifs is 1. The van der Waals surface area contributed by atoms with E-state index in [1.165, 1.54) is 3.97 Å². The normalized spacial score (nSPS) is 16.9. The van der Waals surface area contributed by atoms with Gasteiger partial charge in [0.1, 0.15) is 0 Å². The lowest BCUT2D eigenvalue weighted by Gasteiger charge is -2.18. The largest absolute Gasteiger partial charge is 0.275 e. The van der Waals surface area contributed by atoms with Crippen LogP contribution in [-0.4, -0.2) is 27.2 Å². The fourth-order valence-electron chi connectivity index (χ4n) is 4.20. The molecule has 1 aliphatic rings. The van der Waals surface area contributed by atoms with Gasteiger partial charge in [-0.2, -0.15) is 5.10 Å². The predicted octanol–water partition coefficient (Wildman–Crippen LogP) is 4.50. The number of nitrogens with zero attached hydrogens (tertiary/aromatic N) is 4. The smallest absolute Gasteiger partial charge is 0.269 e. The monoisotopic (exact) mass is 418 g/mol. The minimum atomic E-state index is -3.78. The number of aryl methyl sites for hydroxylation is 1. The summed E-state index contributed by atoms with van der Waals surface area (Å²) in [5.74, 6) is 0.245. The summed E-state index contributed by atoms with van der Waals surface area (Å²) in [4.78, 5) is 4.75. The van der Waals surface area contributed by atoms with Crippen molar-refractivity contribution in [2.75, 3.05) is 0 Å². The number of hydrogen-bond donors (Lipinski definition) is 0. The van der Waals surface area contributed by atoms with Gasteiger partial charge < -0.3 is 0 Å². The van der Waals surface area contributed by atoms with Gasteiger partial charge in [0.15, 0.2) is 5.65 Å². The molecule has 0 saturated carbocycles. The Hall–Kier alpha value is -3.19. The van der Waals surface area contributed by atoms with Crippen molar-refractivity contribution < 1.29 is 8.42 Å². The molecule has 0 fully saturated rings. The van der Waals surface area contributed by atoms with E-state index in [4.69, 9.17) is 0 Å². The summed E-state index contributed by atoms with van der Waals surface area (Å²) in [7, 11) is -1.93. The SMILES string of the molecule is Cn1cc(-c2cn(S(=O)(=O)c3ccccc3)c3nccc(C4C=CCCC4)c23)cn1. The second kappa shape index (κ2) is 7.25. The average molecular weight is 419 g/mol. The van der Waals surface area contributed by atoms with Crippen LogP contribution in [0.1, 0.15) is 30.7 Å². The fourth-order valence-corrected chi connectivity index (χ4v) is 5.54. The number of allylic oxidation sites excluding steroid dienone is 2. The Morgan fingerprint density at radius 2 is 1.93 bits per heavy atom. The molecule has 5 rings (SSSR count). The van der Waals surface area contributed by atoms with Crippen LogP contribution in [0.15, 0.2) is 78.2 Å². The minimum Gasteiger partial charge on any atom is -0.275 e. The second-order valence-electron chi connectivity index (χ2n) is 7.62. The van der Waals surface area contributed by atoms with Gasteiger partial charge in [0.2, 0.25) is 0 Å². The van der Waals surface area contributed by atoms with Crippen LogP contribution >= 0.6 is 0 Å². The molecule has 7 heteroatoms. The highest BCUT2D eigenvalue weighted by molar-refractivity contribution is 7.90. The van der Waals surface area contributed by atoms with Gasteiger partial charge in [-0.3, -0.25) is 4.68 Å². The maximum Gasteiger partial charge on any atom is 0.269 e. The first-order valence-corrected chi connectivity index (χ1v) is 11.5. The van der Waals surface area contributed by atoms with Crippen LogP contribution in [-0.2, 0) is 17.1 Å². The first-order valence-electron chi connectivity index (χ1n) is 10.0. The molecule has 1 atom stereocenters.